The molecule has 0 radical (unpaired) electrons. The number of rotatable bonds is 12. The molecule has 0 amide bonds. The summed E-state index contributed by atoms with van der Waals surface area (Å²) in [5.41, 5.74) is 3.39. The van der Waals surface area contributed by atoms with Gasteiger partial charge in [0, 0.05) is 19.8 Å². The molecule has 4 nitrogen and oxygen atoms in total. The normalized spacial score (nSPS) is 10.8. The van der Waals surface area contributed by atoms with Gasteiger partial charge < -0.3 is 19.5 Å². The number of nitrogens with one attached hydrogen (secondary N) is 1. The van der Waals surface area contributed by atoms with Crippen molar-refractivity contribution in [2.45, 2.75) is 40.3 Å². The Morgan fingerprint density at radius 3 is 2.44 bits per heavy atom. The summed E-state index contributed by atoms with van der Waals surface area (Å²) < 4.78 is 17.1. The summed E-state index contributed by atoms with van der Waals surface area (Å²) in [7, 11) is 0. The molecule has 0 saturated carbocycles. The van der Waals surface area contributed by atoms with Crippen LogP contribution in [-0.4, -0.2) is 26.4 Å². The zero-order chi connectivity index (χ0) is 19.5. The van der Waals surface area contributed by atoms with E-state index in [0.29, 0.717) is 29.7 Å². The minimum atomic E-state index is 0.453. The number of hydrogen-bond donors (Lipinski definition) is 1. The Balaban J connectivity index is 1.98. The zero-order valence-electron chi connectivity index (χ0n) is 16.5. The fourth-order valence-corrected chi connectivity index (χ4v) is 2.93. The number of hydrogen-bond acceptors (Lipinski definition) is 4. The first-order valence-corrected chi connectivity index (χ1v) is 9.93. The summed E-state index contributed by atoms with van der Waals surface area (Å²) in [6.45, 7) is 10.2. The first-order chi connectivity index (χ1) is 13.1. The van der Waals surface area contributed by atoms with Gasteiger partial charge in [-0.15, -0.1) is 0 Å². The maximum atomic E-state index is 6.49. The lowest BCUT2D eigenvalue weighted by Crippen LogP contribution is -2.16. The molecule has 0 atom stereocenters. The molecular formula is C22H30ClNO3. The largest absolute Gasteiger partial charge is 0.490 e. The van der Waals surface area contributed by atoms with Gasteiger partial charge in [-0.3, -0.25) is 0 Å². The summed E-state index contributed by atoms with van der Waals surface area (Å²) in [5, 5.41) is 3.97. The first-order valence-electron chi connectivity index (χ1n) is 9.56. The van der Waals surface area contributed by atoms with Gasteiger partial charge in [0.1, 0.15) is 6.61 Å². The molecule has 0 aliphatic rings. The van der Waals surface area contributed by atoms with Crippen LogP contribution in [0.5, 0.6) is 11.5 Å². The van der Waals surface area contributed by atoms with Crippen LogP contribution in [0.3, 0.4) is 0 Å². The van der Waals surface area contributed by atoms with Crippen molar-refractivity contribution >= 4 is 11.6 Å². The van der Waals surface area contributed by atoms with Gasteiger partial charge >= 0.3 is 0 Å². The molecule has 5 heteroatoms. The average molecular weight is 392 g/mol. The molecule has 0 aromatic heterocycles. The monoisotopic (exact) mass is 391 g/mol. The molecule has 0 unspecified atom stereocenters. The smallest absolute Gasteiger partial charge is 0.180 e. The zero-order valence-corrected chi connectivity index (χ0v) is 17.3. The van der Waals surface area contributed by atoms with Crippen molar-refractivity contribution in [1.82, 2.24) is 5.32 Å². The van der Waals surface area contributed by atoms with Crippen LogP contribution < -0.4 is 14.8 Å². The second kappa shape index (κ2) is 11.9. The molecule has 0 fully saturated rings. The van der Waals surface area contributed by atoms with E-state index >= 15 is 0 Å². The van der Waals surface area contributed by atoms with Gasteiger partial charge in [-0.25, -0.2) is 0 Å². The van der Waals surface area contributed by atoms with Crippen molar-refractivity contribution in [3.63, 3.8) is 0 Å². The summed E-state index contributed by atoms with van der Waals surface area (Å²) in [5.74, 6) is 1.28. The fraction of sp³-hybridized carbons (Fsp3) is 0.455. The van der Waals surface area contributed by atoms with Crippen molar-refractivity contribution in [3.8, 4) is 11.5 Å². The molecule has 2 rings (SSSR count). The predicted molar refractivity (Wildman–Crippen MR) is 111 cm³/mol. The highest BCUT2D eigenvalue weighted by Crippen LogP contribution is 2.37. The van der Waals surface area contributed by atoms with E-state index in [1.54, 1.807) is 0 Å². The Bertz CT molecular complexity index is 689. The molecule has 2 aromatic rings. The lowest BCUT2D eigenvalue weighted by Gasteiger charge is -2.16. The van der Waals surface area contributed by atoms with Gasteiger partial charge in [0.25, 0.3) is 0 Å². The van der Waals surface area contributed by atoms with Crippen molar-refractivity contribution in [2.24, 2.45) is 0 Å². The van der Waals surface area contributed by atoms with Gasteiger partial charge in [-0.05, 0) is 57.0 Å². The van der Waals surface area contributed by atoms with Crippen LogP contribution in [-0.2, 0) is 17.9 Å². The fourth-order valence-electron chi connectivity index (χ4n) is 2.64. The van der Waals surface area contributed by atoms with Crippen molar-refractivity contribution in [1.29, 1.82) is 0 Å². The highest BCUT2D eigenvalue weighted by molar-refractivity contribution is 6.32. The predicted octanol–water partition coefficient (Wildman–Crippen LogP) is 5.14. The van der Waals surface area contributed by atoms with Gasteiger partial charge in [0.2, 0.25) is 0 Å². The molecule has 0 aliphatic heterocycles. The Hall–Kier alpha value is -1.75. The minimum absolute atomic E-state index is 0.453. The van der Waals surface area contributed by atoms with Crippen LogP contribution in [0.15, 0.2) is 36.4 Å². The molecule has 2 aromatic carbocycles. The number of ether oxygens (including phenoxy) is 3. The molecule has 27 heavy (non-hydrogen) atoms. The third-order valence-electron chi connectivity index (χ3n) is 4.05. The third kappa shape index (κ3) is 7.41. The van der Waals surface area contributed by atoms with E-state index in [9.17, 15) is 0 Å². The maximum Gasteiger partial charge on any atom is 0.180 e. The van der Waals surface area contributed by atoms with Crippen LogP contribution in [0, 0.1) is 6.92 Å². The lowest BCUT2D eigenvalue weighted by molar-refractivity contribution is 0.144. The van der Waals surface area contributed by atoms with Crippen LogP contribution in [0.2, 0.25) is 5.02 Å². The van der Waals surface area contributed by atoms with Crippen molar-refractivity contribution < 1.29 is 14.2 Å². The maximum absolute atomic E-state index is 6.49. The molecule has 1 N–H and O–H groups in total. The van der Waals surface area contributed by atoms with E-state index in [4.69, 9.17) is 25.8 Å². The Morgan fingerprint density at radius 2 is 1.74 bits per heavy atom. The number of halogens is 1. The SMILES string of the molecule is CCOCCCNCc1cc(Cl)c(OCc2ccc(C)cc2)c(OCC)c1. The molecule has 148 valence electrons. The van der Waals surface area contributed by atoms with E-state index in [-0.39, 0.29) is 0 Å². The van der Waals surface area contributed by atoms with Gasteiger partial charge in [0.15, 0.2) is 11.5 Å². The molecule has 0 bridgehead atoms. The van der Waals surface area contributed by atoms with E-state index in [0.717, 1.165) is 43.9 Å². The van der Waals surface area contributed by atoms with Crippen molar-refractivity contribution in [3.05, 3.63) is 58.1 Å². The highest BCUT2D eigenvalue weighted by atomic mass is 35.5. The van der Waals surface area contributed by atoms with Crippen LogP contribution in [0.25, 0.3) is 0 Å². The topological polar surface area (TPSA) is 39.7 Å². The Kier molecular flexibility index (Phi) is 9.46. The van der Waals surface area contributed by atoms with Crippen molar-refractivity contribution in [2.75, 3.05) is 26.4 Å². The summed E-state index contributed by atoms with van der Waals surface area (Å²) in [6, 6.07) is 12.2. The Labute approximate surface area is 167 Å². The summed E-state index contributed by atoms with van der Waals surface area (Å²) in [4.78, 5) is 0. The molecule has 0 saturated heterocycles. The first kappa shape index (κ1) is 21.5. The van der Waals surface area contributed by atoms with Crippen LogP contribution in [0.4, 0.5) is 0 Å². The van der Waals surface area contributed by atoms with E-state index < -0.39 is 0 Å². The van der Waals surface area contributed by atoms with E-state index in [1.807, 2.05) is 26.0 Å². The van der Waals surface area contributed by atoms with Gasteiger partial charge in [-0.1, -0.05) is 41.4 Å². The highest BCUT2D eigenvalue weighted by Gasteiger charge is 2.13. The third-order valence-corrected chi connectivity index (χ3v) is 4.33. The number of aryl methyl sites for hydroxylation is 1. The van der Waals surface area contributed by atoms with Gasteiger partial charge in [-0.2, -0.15) is 0 Å². The second-order valence-corrected chi connectivity index (χ2v) is 6.75. The van der Waals surface area contributed by atoms with Crippen LogP contribution in [0.1, 0.15) is 37.0 Å². The number of benzene rings is 2. The molecule has 0 spiro atoms. The van der Waals surface area contributed by atoms with Crippen LogP contribution >= 0.6 is 11.6 Å². The van der Waals surface area contributed by atoms with E-state index in [2.05, 4.69) is 36.5 Å². The second-order valence-electron chi connectivity index (χ2n) is 6.34. The molecule has 0 heterocycles. The van der Waals surface area contributed by atoms with E-state index in [1.165, 1.54) is 5.56 Å². The Morgan fingerprint density at radius 1 is 0.963 bits per heavy atom. The quantitative estimate of drug-likeness (QED) is 0.508. The molecule has 0 aliphatic carbocycles. The van der Waals surface area contributed by atoms with Gasteiger partial charge in [0.05, 0.1) is 11.6 Å². The molecular weight excluding hydrogens is 362 g/mol. The minimum Gasteiger partial charge on any atom is -0.490 e. The lowest BCUT2D eigenvalue weighted by atomic mass is 10.1. The standard InChI is InChI=1S/C22H30ClNO3/c1-4-25-12-6-11-24-15-19-13-20(23)22(21(14-19)26-5-2)27-16-18-9-7-17(3)8-10-18/h7-10,13-14,24H,4-6,11-12,15-16H2,1-3H3. The summed E-state index contributed by atoms with van der Waals surface area (Å²) in [6.07, 6.45) is 0.984. The average Bonchev–Trinajstić information content (AvgIpc) is 2.65. The summed E-state index contributed by atoms with van der Waals surface area (Å²) >= 11 is 6.49.